The SMILES string of the molecule is CCCc1cc(NCCc2cscn2)ncn1. The lowest BCUT2D eigenvalue weighted by Crippen LogP contribution is -2.07. The average molecular weight is 248 g/mol. The van der Waals surface area contributed by atoms with Crippen molar-refractivity contribution in [3.05, 3.63) is 34.7 Å². The topological polar surface area (TPSA) is 50.7 Å². The molecule has 0 unspecified atom stereocenters. The van der Waals surface area contributed by atoms with E-state index in [2.05, 4.69) is 32.6 Å². The number of anilines is 1. The summed E-state index contributed by atoms with van der Waals surface area (Å²) in [5.74, 6) is 0.902. The normalized spacial score (nSPS) is 10.4. The number of nitrogens with zero attached hydrogens (tertiary/aromatic N) is 3. The van der Waals surface area contributed by atoms with Crippen LogP contribution in [0.3, 0.4) is 0 Å². The van der Waals surface area contributed by atoms with Crippen LogP contribution in [0.15, 0.2) is 23.3 Å². The Balaban J connectivity index is 1.84. The Morgan fingerprint density at radius 3 is 2.88 bits per heavy atom. The van der Waals surface area contributed by atoms with Gasteiger partial charge in [-0.25, -0.2) is 15.0 Å². The minimum Gasteiger partial charge on any atom is -0.370 e. The van der Waals surface area contributed by atoms with Gasteiger partial charge in [0.05, 0.1) is 11.2 Å². The van der Waals surface area contributed by atoms with E-state index in [1.807, 2.05) is 11.6 Å². The summed E-state index contributed by atoms with van der Waals surface area (Å²) in [6.45, 7) is 3.00. The van der Waals surface area contributed by atoms with Crippen molar-refractivity contribution >= 4 is 17.2 Å². The zero-order valence-electron chi connectivity index (χ0n) is 9.89. The summed E-state index contributed by atoms with van der Waals surface area (Å²) in [7, 11) is 0. The van der Waals surface area contributed by atoms with E-state index in [4.69, 9.17) is 0 Å². The predicted molar refractivity (Wildman–Crippen MR) is 70.3 cm³/mol. The van der Waals surface area contributed by atoms with Gasteiger partial charge in [0.25, 0.3) is 0 Å². The van der Waals surface area contributed by atoms with E-state index in [9.17, 15) is 0 Å². The maximum absolute atomic E-state index is 4.24. The minimum atomic E-state index is 0.853. The molecule has 0 aliphatic heterocycles. The van der Waals surface area contributed by atoms with Gasteiger partial charge < -0.3 is 5.32 Å². The molecule has 90 valence electrons. The lowest BCUT2D eigenvalue weighted by Gasteiger charge is -2.05. The van der Waals surface area contributed by atoms with E-state index in [1.54, 1.807) is 17.7 Å². The molecule has 2 rings (SSSR count). The largest absolute Gasteiger partial charge is 0.370 e. The van der Waals surface area contributed by atoms with Crippen LogP contribution in [0.1, 0.15) is 24.7 Å². The number of hydrogen-bond donors (Lipinski definition) is 1. The molecule has 0 aliphatic rings. The van der Waals surface area contributed by atoms with Gasteiger partial charge in [-0.2, -0.15) is 0 Å². The smallest absolute Gasteiger partial charge is 0.129 e. The van der Waals surface area contributed by atoms with E-state index >= 15 is 0 Å². The second-order valence-corrected chi connectivity index (χ2v) is 4.52. The van der Waals surface area contributed by atoms with Crippen molar-refractivity contribution in [1.29, 1.82) is 0 Å². The summed E-state index contributed by atoms with van der Waals surface area (Å²) in [5, 5.41) is 5.37. The van der Waals surface area contributed by atoms with Crippen LogP contribution in [-0.4, -0.2) is 21.5 Å². The van der Waals surface area contributed by atoms with E-state index in [0.29, 0.717) is 0 Å². The average Bonchev–Trinajstić information content (AvgIpc) is 2.83. The lowest BCUT2D eigenvalue weighted by molar-refractivity contribution is 0.869. The maximum Gasteiger partial charge on any atom is 0.129 e. The Morgan fingerprint density at radius 2 is 2.12 bits per heavy atom. The maximum atomic E-state index is 4.24. The molecule has 0 amide bonds. The zero-order valence-corrected chi connectivity index (χ0v) is 10.7. The molecule has 0 spiro atoms. The van der Waals surface area contributed by atoms with Crippen molar-refractivity contribution in [2.45, 2.75) is 26.2 Å². The number of aryl methyl sites for hydroxylation is 1. The fourth-order valence-corrected chi connectivity index (χ4v) is 2.16. The standard InChI is InChI=1S/C12H16N4S/c1-2-3-10-6-12(15-8-14-10)13-5-4-11-7-17-9-16-11/h6-9H,2-5H2,1H3,(H,13,14,15). The van der Waals surface area contributed by atoms with Gasteiger partial charge in [-0.3, -0.25) is 0 Å². The number of hydrogen-bond acceptors (Lipinski definition) is 5. The van der Waals surface area contributed by atoms with Gasteiger partial charge in [0, 0.05) is 30.1 Å². The molecule has 0 saturated carbocycles. The molecule has 2 aromatic rings. The molecule has 1 N–H and O–H groups in total. The summed E-state index contributed by atoms with van der Waals surface area (Å²) >= 11 is 1.63. The fourth-order valence-electron chi connectivity index (χ4n) is 1.57. The number of rotatable bonds is 6. The second-order valence-electron chi connectivity index (χ2n) is 3.80. The first-order valence-corrected chi connectivity index (χ1v) is 6.74. The molecule has 5 heteroatoms. The molecule has 0 aliphatic carbocycles. The van der Waals surface area contributed by atoms with Crippen molar-refractivity contribution in [2.24, 2.45) is 0 Å². The Hall–Kier alpha value is -1.49. The van der Waals surface area contributed by atoms with Crippen LogP contribution in [0.2, 0.25) is 0 Å². The van der Waals surface area contributed by atoms with Gasteiger partial charge in [0.1, 0.15) is 12.1 Å². The van der Waals surface area contributed by atoms with Crippen molar-refractivity contribution in [3.63, 3.8) is 0 Å². The predicted octanol–water partition coefficient (Wildman–Crippen LogP) is 2.54. The molecule has 2 aromatic heterocycles. The molecule has 0 aromatic carbocycles. The van der Waals surface area contributed by atoms with Crippen LogP contribution >= 0.6 is 11.3 Å². The molecule has 0 saturated heterocycles. The van der Waals surface area contributed by atoms with Crippen molar-refractivity contribution in [1.82, 2.24) is 15.0 Å². The van der Waals surface area contributed by atoms with Gasteiger partial charge in [-0.1, -0.05) is 13.3 Å². The van der Waals surface area contributed by atoms with Crippen molar-refractivity contribution < 1.29 is 0 Å². The van der Waals surface area contributed by atoms with E-state index in [1.165, 1.54) is 0 Å². The van der Waals surface area contributed by atoms with Gasteiger partial charge in [0.15, 0.2) is 0 Å². The molecular formula is C12H16N4S. The third-order valence-electron chi connectivity index (χ3n) is 2.40. The summed E-state index contributed by atoms with van der Waals surface area (Å²) < 4.78 is 0. The highest BCUT2D eigenvalue weighted by Crippen LogP contribution is 2.07. The molecule has 17 heavy (non-hydrogen) atoms. The highest BCUT2D eigenvalue weighted by molar-refractivity contribution is 7.07. The van der Waals surface area contributed by atoms with Crippen LogP contribution in [0.5, 0.6) is 0 Å². The van der Waals surface area contributed by atoms with Crippen LogP contribution in [0.25, 0.3) is 0 Å². The first-order chi connectivity index (χ1) is 8.38. The number of aromatic nitrogens is 3. The Bertz CT molecular complexity index is 442. The Kier molecular flexibility index (Phi) is 4.44. The number of thiazole rings is 1. The van der Waals surface area contributed by atoms with Gasteiger partial charge in [-0.05, 0) is 6.42 Å². The Labute approximate surface area is 105 Å². The van der Waals surface area contributed by atoms with Crippen molar-refractivity contribution in [2.75, 3.05) is 11.9 Å². The Morgan fingerprint density at radius 1 is 1.18 bits per heavy atom. The molecule has 0 fully saturated rings. The van der Waals surface area contributed by atoms with Crippen LogP contribution < -0.4 is 5.32 Å². The summed E-state index contributed by atoms with van der Waals surface area (Å²) in [6, 6.07) is 2.02. The molecule has 4 nitrogen and oxygen atoms in total. The van der Waals surface area contributed by atoms with Crippen LogP contribution in [-0.2, 0) is 12.8 Å². The van der Waals surface area contributed by atoms with Crippen LogP contribution in [0.4, 0.5) is 5.82 Å². The zero-order chi connectivity index (χ0) is 11.9. The molecule has 0 radical (unpaired) electrons. The summed E-state index contributed by atoms with van der Waals surface area (Å²) in [5.41, 5.74) is 4.09. The van der Waals surface area contributed by atoms with Gasteiger partial charge in [-0.15, -0.1) is 11.3 Å². The molecule has 2 heterocycles. The summed E-state index contributed by atoms with van der Waals surface area (Å²) in [6.07, 6.45) is 4.66. The first-order valence-electron chi connectivity index (χ1n) is 5.80. The van der Waals surface area contributed by atoms with Crippen molar-refractivity contribution in [3.8, 4) is 0 Å². The number of nitrogens with one attached hydrogen (secondary N) is 1. The van der Waals surface area contributed by atoms with E-state index < -0.39 is 0 Å². The minimum absolute atomic E-state index is 0.853. The highest BCUT2D eigenvalue weighted by Gasteiger charge is 1.99. The molecular weight excluding hydrogens is 232 g/mol. The van der Waals surface area contributed by atoms with Gasteiger partial charge >= 0.3 is 0 Å². The first kappa shape index (κ1) is 12.0. The van der Waals surface area contributed by atoms with Gasteiger partial charge in [0.2, 0.25) is 0 Å². The summed E-state index contributed by atoms with van der Waals surface area (Å²) in [4.78, 5) is 12.7. The third-order valence-corrected chi connectivity index (χ3v) is 3.04. The second kappa shape index (κ2) is 6.30. The van der Waals surface area contributed by atoms with Crippen LogP contribution in [0, 0.1) is 0 Å². The van der Waals surface area contributed by atoms with E-state index in [0.717, 1.165) is 43.0 Å². The monoisotopic (exact) mass is 248 g/mol. The molecule has 0 atom stereocenters. The lowest BCUT2D eigenvalue weighted by atomic mass is 10.2. The highest BCUT2D eigenvalue weighted by atomic mass is 32.1. The fraction of sp³-hybridized carbons (Fsp3) is 0.417. The van der Waals surface area contributed by atoms with E-state index in [-0.39, 0.29) is 0 Å². The molecule has 0 bridgehead atoms. The third kappa shape index (κ3) is 3.78. The quantitative estimate of drug-likeness (QED) is 0.853.